The van der Waals surface area contributed by atoms with Crippen molar-refractivity contribution in [1.82, 2.24) is 9.61 Å². The van der Waals surface area contributed by atoms with Crippen LogP contribution in [0, 0.1) is 0 Å². The van der Waals surface area contributed by atoms with Crippen LogP contribution >= 0.6 is 0 Å². The molecular weight excluding hydrogens is 206 g/mol. The van der Waals surface area contributed by atoms with Crippen molar-refractivity contribution in [2.75, 3.05) is 7.11 Å². The van der Waals surface area contributed by atoms with E-state index in [1.54, 1.807) is 10.7 Å². The summed E-state index contributed by atoms with van der Waals surface area (Å²) in [6.45, 7) is 0. The highest BCUT2D eigenvalue weighted by atomic mass is 16.5. The second-order valence-corrected chi connectivity index (χ2v) is 3.52. The molecule has 2 rings (SSSR count). The lowest BCUT2D eigenvalue weighted by molar-refractivity contribution is -0.141. The van der Waals surface area contributed by atoms with Crippen LogP contribution in [0.15, 0.2) is 30.6 Å². The maximum atomic E-state index is 11.1. The fourth-order valence-electron chi connectivity index (χ4n) is 1.61. The lowest BCUT2D eigenvalue weighted by Crippen LogP contribution is -2.16. The molecule has 0 fully saturated rings. The first-order chi connectivity index (χ1) is 7.72. The molecule has 2 N–H and O–H groups in total. The van der Waals surface area contributed by atoms with Crippen molar-refractivity contribution in [3.8, 4) is 0 Å². The van der Waals surface area contributed by atoms with Gasteiger partial charge in [-0.2, -0.15) is 5.10 Å². The summed E-state index contributed by atoms with van der Waals surface area (Å²) in [6.07, 6.45) is 3.68. The van der Waals surface area contributed by atoms with Crippen molar-refractivity contribution in [2.45, 2.75) is 12.5 Å². The summed E-state index contributed by atoms with van der Waals surface area (Å²) in [6, 6.07) is 5.33. The Bertz CT molecular complexity index is 507. The number of fused-ring (bicyclic) bond motifs is 1. The van der Waals surface area contributed by atoms with Gasteiger partial charge in [-0.25, -0.2) is 4.52 Å². The Hall–Kier alpha value is -1.88. The van der Waals surface area contributed by atoms with Gasteiger partial charge in [0.25, 0.3) is 0 Å². The largest absolute Gasteiger partial charge is 0.469 e. The average Bonchev–Trinajstić information content (AvgIpc) is 2.72. The molecule has 0 aliphatic rings. The van der Waals surface area contributed by atoms with E-state index in [2.05, 4.69) is 9.84 Å². The molecule has 0 aromatic carbocycles. The quantitative estimate of drug-likeness (QED) is 0.778. The van der Waals surface area contributed by atoms with E-state index < -0.39 is 0 Å². The van der Waals surface area contributed by atoms with Crippen molar-refractivity contribution >= 4 is 11.5 Å². The average molecular weight is 219 g/mol. The zero-order chi connectivity index (χ0) is 11.5. The third kappa shape index (κ3) is 1.90. The molecule has 84 valence electrons. The molecular formula is C11H13N3O2. The van der Waals surface area contributed by atoms with Crippen molar-refractivity contribution < 1.29 is 9.53 Å². The number of hydrogen-bond donors (Lipinski definition) is 1. The Balaban J connectivity index is 2.29. The summed E-state index contributed by atoms with van der Waals surface area (Å²) in [4.78, 5) is 11.1. The molecule has 5 nitrogen and oxygen atoms in total. The predicted octanol–water partition coefficient (Wildman–Crippen LogP) is 0.897. The highest BCUT2D eigenvalue weighted by Crippen LogP contribution is 2.19. The molecule has 0 amide bonds. The van der Waals surface area contributed by atoms with Crippen LogP contribution in [0.2, 0.25) is 0 Å². The summed E-state index contributed by atoms with van der Waals surface area (Å²) in [7, 11) is 1.35. The number of methoxy groups -OCH3 is 1. The Morgan fingerprint density at radius 3 is 3.19 bits per heavy atom. The Morgan fingerprint density at radius 2 is 2.44 bits per heavy atom. The van der Waals surface area contributed by atoms with Gasteiger partial charge in [-0.05, 0) is 12.1 Å². The SMILES string of the molecule is COC(=O)C[C@H](N)c1cnn2ccccc12. The molecule has 0 spiro atoms. The first kappa shape index (κ1) is 10.6. The van der Waals surface area contributed by atoms with Gasteiger partial charge in [-0.3, -0.25) is 4.79 Å². The maximum Gasteiger partial charge on any atom is 0.307 e. The minimum absolute atomic E-state index is 0.159. The Labute approximate surface area is 92.8 Å². The number of hydrogen-bond acceptors (Lipinski definition) is 4. The van der Waals surface area contributed by atoms with Gasteiger partial charge < -0.3 is 10.5 Å². The van der Waals surface area contributed by atoms with Gasteiger partial charge in [-0.1, -0.05) is 6.07 Å². The van der Waals surface area contributed by atoms with Gasteiger partial charge >= 0.3 is 5.97 Å². The van der Waals surface area contributed by atoms with E-state index in [4.69, 9.17) is 5.73 Å². The molecule has 0 aliphatic carbocycles. The minimum Gasteiger partial charge on any atom is -0.469 e. The van der Waals surface area contributed by atoms with Gasteiger partial charge in [0, 0.05) is 17.8 Å². The summed E-state index contributed by atoms with van der Waals surface area (Å²) < 4.78 is 6.31. The number of nitrogens with two attached hydrogens (primary N) is 1. The van der Waals surface area contributed by atoms with Gasteiger partial charge in [-0.15, -0.1) is 0 Å². The Kier molecular flexibility index (Phi) is 2.87. The van der Waals surface area contributed by atoms with Crippen molar-refractivity contribution in [2.24, 2.45) is 5.73 Å². The molecule has 0 aliphatic heterocycles. The van der Waals surface area contributed by atoms with E-state index in [1.165, 1.54) is 7.11 Å². The van der Waals surface area contributed by atoms with E-state index in [9.17, 15) is 4.79 Å². The third-order valence-corrected chi connectivity index (χ3v) is 2.47. The zero-order valence-electron chi connectivity index (χ0n) is 8.96. The lowest BCUT2D eigenvalue weighted by Gasteiger charge is -2.08. The molecule has 0 unspecified atom stereocenters. The van der Waals surface area contributed by atoms with Gasteiger partial charge in [0.1, 0.15) is 0 Å². The number of aromatic nitrogens is 2. The highest BCUT2D eigenvalue weighted by Gasteiger charge is 2.15. The second kappa shape index (κ2) is 4.32. The monoisotopic (exact) mass is 219 g/mol. The molecule has 0 radical (unpaired) electrons. The summed E-state index contributed by atoms with van der Waals surface area (Å²) >= 11 is 0. The minimum atomic E-state index is -0.382. The van der Waals surface area contributed by atoms with E-state index >= 15 is 0 Å². The van der Waals surface area contributed by atoms with Crippen LogP contribution in [0.4, 0.5) is 0 Å². The van der Waals surface area contributed by atoms with E-state index in [0.29, 0.717) is 0 Å². The van der Waals surface area contributed by atoms with Crippen molar-refractivity contribution in [3.05, 3.63) is 36.2 Å². The normalized spacial score (nSPS) is 12.6. The third-order valence-electron chi connectivity index (χ3n) is 2.47. The number of ether oxygens (including phenoxy) is 1. The van der Waals surface area contributed by atoms with Crippen molar-refractivity contribution in [1.29, 1.82) is 0 Å². The summed E-state index contributed by atoms with van der Waals surface area (Å²) in [5, 5.41) is 4.16. The van der Waals surface area contributed by atoms with Gasteiger partial charge in [0.2, 0.25) is 0 Å². The number of pyridine rings is 1. The maximum absolute atomic E-state index is 11.1. The number of carbonyl (C=O) groups is 1. The van der Waals surface area contributed by atoms with Crippen LogP contribution in [0.5, 0.6) is 0 Å². The van der Waals surface area contributed by atoms with Crippen LogP contribution in [-0.2, 0) is 9.53 Å². The van der Waals surface area contributed by atoms with Crippen LogP contribution in [-0.4, -0.2) is 22.7 Å². The molecule has 16 heavy (non-hydrogen) atoms. The van der Waals surface area contributed by atoms with Gasteiger partial charge in [0.15, 0.2) is 0 Å². The van der Waals surface area contributed by atoms with Crippen LogP contribution in [0.1, 0.15) is 18.0 Å². The number of rotatable bonds is 3. The van der Waals surface area contributed by atoms with Crippen LogP contribution in [0.3, 0.4) is 0 Å². The van der Waals surface area contributed by atoms with Crippen LogP contribution < -0.4 is 5.73 Å². The highest BCUT2D eigenvalue weighted by molar-refractivity contribution is 5.71. The molecule has 0 saturated carbocycles. The van der Waals surface area contributed by atoms with Crippen LogP contribution in [0.25, 0.3) is 5.52 Å². The summed E-state index contributed by atoms with van der Waals surface area (Å²) in [5.41, 5.74) is 7.70. The smallest absolute Gasteiger partial charge is 0.307 e. The fraction of sp³-hybridized carbons (Fsp3) is 0.273. The summed E-state index contributed by atoms with van der Waals surface area (Å²) in [5.74, 6) is -0.317. The topological polar surface area (TPSA) is 69.6 Å². The fourth-order valence-corrected chi connectivity index (χ4v) is 1.61. The predicted molar refractivity (Wildman–Crippen MR) is 58.8 cm³/mol. The standard InChI is InChI=1S/C11H13N3O2/c1-16-11(15)6-9(12)8-7-13-14-5-3-2-4-10(8)14/h2-5,7,9H,6,12H2,1H3/t9-/m0/s1. The molecule has 0 saturated heterocycles. The Morgan fingerprint density at radius 1 is 1.62 bits per heavy atom. The molecule has 1 atom stereocenters. The number of carbonyl (C=O) groups excluding carboxylic acids is 1. The van der Waals surface area contributed by atoms with E-state index in [0.717, 1.165) is 11.1 Å². The number of nitrogens with zero attached hydrogens (tertiary/aromatic N) is 2. The molecule has 2 aromatic heterocycles. The van der Waals surface area contributed by atoms with E-state index in [-0.39, 0.29) is 18.4 Å². The van der Waals surface area contributed by atoms with E-state index in [1.807, 2.05) is 24.4 Å². The lowest BCUT2D eigenvalue weighted by atomic mass is 10.1. The first-order valence-corrected chi connectivity index (χ1v) is 4.97. The molecule has 2 aromatic rings. The molecule has 5 heteroatoms. The molecule has 0 bridgehead atoms. The molecule has 2 heterocycles. The second-order valence-electron chi connectivity index (χ2n) is 3.52. The zero-order valence-corrected chi connectivity index (χ0v) is 8.96. The van der Waals surface area contributed by atoms with Gasteiger partial charge in [0.05, 0.1) is 25.2 Å². The van der Waals surface area contributed by atoms with Crippen molar-refractivity contribution in [3.63, 3.8) is 0 Å². The number of esters is 1. The first-order valence-electron chi connectivity index (χ1n) is 4.97.